The van der Waals surface area contributed by atoms with Gasteiger partial charge in [0.2, 0.25) is 5.75 Å². The Morgan fingerprint density at radius 1 is 1.00 bits per heavy atom. The summed E-state index contributed by atoms with van der Waals surface area (Å²) in [6, 6.07) is 9.16. The number of halogens is 1. The number of benzene rings is 2. The van der Waals surface area contributed by atoms with Crippen molar-refractivity contribution in [1.82, 2.24) is 0 Å². The summed E-state index contributed by atoms with van der Waals surface area (Å²) in [5.74, 6) is 2.46. The molecule has 22 heavy (non-hydrogen) atoms. The van der Waals surface area contributed by atoms with Gasteiger partial charge in [-0.25, -0.2) is 0 Å². The van der Waals surface area contributed by atoms with Gasteiger partial charge in [0.15, 0.2) is 17.7 Å². The second kappa shape index (κ2) is 5.85. The Labute approximate surface area is 133 Å². The molecule has 1 aliphatic heterocycles. The molecule has 0 saturated carbocycles. The van der Waals surface area contributed by atoms with E-state index in [0.29, 0.717) is 22.3 Å². The molecule has 0 fully saturated rings. The van der Waals surface area contributed by atoms with Crippen molar-refractivity contribution in [3.8, 4) is 23.0 Å². The molecule has 2 aromatic rings. The summed E-state index contributed by atoms with van der Waals surface area (Å²) in [7, 11) is 4.74. The molecule has 0 spiro atoms. The predicted octanol–water partition coefficient (Wildman–Crippen LogP) is 3.87. The highest BCUT2D eigenvalue weighted by atomic mass is 35.5. The van der Waals surface area contributed by atoms with Crippen LogP contribution in [0.2, 0.25) is 5.02 Å². The molecule has 1 N–H and O–H groups in total. The van der Waals surface area contributed by atoms with Crippen molar-refractivity contribution in [2.45, 2.75) is 6.23 Å². The van der Waals surface area contributed by atoms with E-state index in [1.54, 1.807) is 27.4 Å². The highest BCUT2D eigenvalue weighted by Gasteiger charge is 2.26. The molecule has 1 atom stereocenters. The lowest BCUT2D eigenvalue weighted by Gasteiger charge is -2.17. The van der Waals surface area contributed by atoms with Gasteiger partial charge in [-0.15, -0.1) is 0 Å². The number of methoxy groups -OCH3 is 3. The third-order valence-corrected chi connectivity index (χ3v) is 3.70. The van der Waals surface area contributed by atoms with E-state index in [2.05, 4.69) is 5.32 Å². The summed E-state index contributed by atoms with van der Waals surface area (Å²) < 4.78 is 22.0. The fourth-order valence-electron chi connectivity index (χ4n) is 2.42. The zero-order valence-corrected chi connectivity index (χ0v) is 13.2. The summed E-state index contributed by atoms with van der Waals surface area (Å²) in [4.78, 5) is 0. The SMILES string of the molecule is COc1cc([C@H]2Nc3cc(Cl)ccc3O2)cc(OC)c1OC. The average Bonchev–Trinajstić information content (AvgIpc) is 2.96. The van der Waals surface area contributed by atoms with Gasteiger partial charge in [0.1, 0.15) is 5.75 Å². The van der Waals surface area contributed by atoms with Crippen LogP contribution in [0.4, 0.5) is 5.69 Å². The van der Waals surface area contributed by atoms with Crippen LogP contribution in [0.1, 0.15) is 11.8 Å². The largest absolute Gasteiger partial charge is 0.493 e. The quantitative estimate of drug-likeness (QED) is 0.926. The van der Waals surface area contributed by atoms with E-state index in [-0.39, 0.29) is 6.23 Å². The fourth-order valence-corrected chi connectivity index (χ4v) is 2.59. The predicted molar refractivity (Wildman–Crippen MR) is 84.5 cm³/mol. The van der Waals surface area contributed by atoms with E-state index in [1.807, 2.05) is 24.3 Å². The molecule has 2 aromatic carbocycles. The lowest BCUT2D eigenvalue weighted by molar-refractivity contribution is 0.256. The molecule has 1 aliphatic rings. The fraction of sp³-hybridized carbons (Fsp3) is 0.250. The average molecular weight is 322 g/mol. The second-order valence-electron chi connectivity index (χ2n) is 4.74. The minimum atomic E-state index is -0.345. The van der Waals surface area contributed by atoms with E-state index < -0.39 is 0 Å². The Hall–Kier alpha value is -2.27. The first-order chi connectivity index (χ1) is 10.7. The maximum Gasteiger partial charge on any atom is 0.203 e. The highest BCUT2D eigenvalue weighted by Crippen LogP contribution is 2.44. The molecule has 0 saturated heterocycles. The molecular formula is C16H16ClNO4. The molecule has 5 nitrogen and oxygen atoms in total. The maximum absolute atomic E-state index is 6.00. The van der Waals surface area contributed by atoms with Gasteiger partial charge in [-0.2, -0.15) is 0 Å². The number of ether oxygens (including phenoxy) is 4. The van der Waals surface area contributed by atoms with Gasteiger partial charge in [-0.1, -0.05) is 11.6 Å². The number of hydrogen-bond acceptors (Lipinski definition) is 5. The lowest BCUT2D eigenvalue weighted by Crippen LogP contribution is -2.11. The van der Waals surface area contributed by atoms with Crippen LogP contribution in [0.5, 0.6) is 23.0 Å². The van der Waals surface area contributed by atoms with Crippen molar-refractivity contribution in [2.75, 3.05) is 26.6 Å². The Morgan fingerprint density at radius 2 is 1.68 bits per heavy atom. The number of hydrogen-bond donors (Lipinski definition) is 1. The molecule has 3 rings (SSSR count). The van der Waals surface area contributed by atoms with E-state index >= 15 is 0 Å². The Morgan fingerprint density at radius 3 is 2.27 bits per heavy atom. The molecule has 116 valence electrons. The van der Waals surface area contributed by atoms with Crippen LogP contribution in [0.25, 0.3) is 0 Å². The first-order valence-corrected chi connectivity index (χ1v) is 7.06. The summed E-state index contributed by atoms with van der Waals surface area (Å²) in [5.41, 5.74) is 1.72. The van der Waals surface area contributed by atoms with Gasteiger partial charge in [-0.05, 0) is 30.3 Å². The van der Waals surface area contributed by atoms with E-state index in [1.165, 1.54) is 0 Å². The summed E-state index contributed by atoms with van der Waals surface area (Å²) in [6.45, 7) is 0. The maximum atomic E-state index is 6.00. The number of fused-ring (bicyclic) bond motifs is 1. The van der Waals surface area contributed by atoms with E-state index in [4.69, 9.17) is 30.5 Å². The zero-order chi connectivity index (χ0) is 15.7. The van der Waals surface area contributed by atoms with Gasteiger partial charge < -0.3 is 24.3 Å². The summed E-state index contributed by atoms with van der Waals surface area (Å²) >= 11 is 6.00. The van der Waals surface area contributed by atoms with Gasteiger partial charge in [-0.3, -0.25) is 0 Å². The van der Waals surface area contributed by atoms with Crippen LogP contribution in [0, 0.1) is 0 Å². The number of anilines is 1. The third-order valence-electron chi connectivity index (χ3n) is 3.46. The Kier molecular flexibility index (Phi) is 3.90. The molecule has 0 radical (unpaired) electrons. The first kappa shape index (κ1) is 14.7. The molecular weight excluding hydrogens is 306 g/mol. The molecule has 0 amide bonds. The minimum Gasteiger partial charge on any atom is -0.493 e. The number of rotatable bonds is 4. The molecule has 0 bridgehead atoms. The standard InChI is InChI=1S/C16H16ClNO4/c1-19-13-6-9(7-14(20-2)15(13)21-3)16-18-11-8-10(17)4-5-12(11)22-16/h4-8,16,18H,1-3H3/t16-/m0/s1. The van der Waals surface area contributed by atoms with Crippen LogP contribution < -0.4 is 24.3 Å². The first-order valence-electron chi connectivity index (χ1n) is 6.69. The van der Waals surface area contributed by atoms with Crippen LogP contribution in [-0.4, -0.2) is 21.3 Å². The van der Waals surface area contributed by atoms with Gasteiger partial charge >= 0.3 is 0 Å². The van der Waals surface area contributed by atoms with E-state index in [0.717, 1.165) is 17.0 Å². The minimum absolute atomic E-state index is 0.345. The van der Waals surface area contributed by atoms with Crippen molar-refractivity contribution in [2.24, 2.45) is 0 Å². The normalized spacial score (nSPS) is 15.5. The Bertz CT molecular complexity index is 680. The van der Waals surface area contributed by atoms with Crippen molar-refractivity contribution >= 4 is 17.3 Å². The molecule has 0 aliphatic carbocycles. The molecule has 0 unspecified atom stereocenters. The topological polar surface area (TPSA) is 49.0 Å². The third kappa shape index (κ3) is 2.48. The van der Waals surface area contributed by atoms with Gasteiger partial charge in [0.05, 0.1) is 27.0 Å². The van der Waals surface area contributed by atoms with Crippen LogP contribution >= 0.6 is 11.6 Å². The zero-order valence-electron chi connectivity index (χ0n) is 12.5. The Balaban J connectivity index is 1.97. The van der Waals surface area contributed by atoms with Gasteiger partial charge in [0.25, 0.3) is 0 Å². The highest BCUT2D eigenvalue weighted by molar-refractivity contribution is 6.30. The molecule has 1 heterocycles. The summed E-state index contributed by atoms with van der Waals surface area (Å²) in [6.07, 6.45) is -0.345. The lowest BCUT2D eigenvalue weighted by atomic mass is 10.1. The van der Waals surface area contributed by atoms with Crippen molar-refractivity contribution in [3.63, 3.8) is 0 Å². The van der Waals surface area contributed by atoms with Crippen molar-refractivity contribution in [1.29, 1.82) is 0 Å². The smallest absolute Gasteiger partial charge is 0.203 e. The van der Waals surface area contributed by atoms with Crippen LogP contribution in [0.3, 0.4) is 0 Å². The second-order valence-corrected chi connectivity index (χ2v) is 5.18. The summed E-state index contributed by atoms with van der Waals surface area (Å²) in [5, 5.41) is 3.93. The monoisotopic (exact) mass is 321 g/mol. The number of nitrogens with one attached hydrogen (secondary N) is 1. The van der Waals surface area contributed by atoms with Crippen molar-refractivity contribution < 1.29 is 18.9 Å². The van der Waals surface area contributed by atoms with E-state index in [9.17, 15) is 0 Å². The van der Waals surface area contributed by atoms with Gasteiger partial charge in [0, 0.05) is 10.6 Å². The van der Waals surface area contributed by atoms with Crippen LogP contribution in [0.15, 0.2) is 30.3 Å². The molecule has 6 heteroatoms. The molecule has 0 aromatic heterocycles. The van der Waals surface area contributed by atoms with Crippen molar-refractivity contribution in [3.05, 3.63) is 40.9 Å². The van der Waals surface area contributed by atoms with Crippen LogP contribution in [-0.2, 0) is 0 Å².